The number of aromatic nitrogens is 3. The number of hydrogen-bond donors (Lipinski definition) is 2. The van der Waals surface area contributed by atoms with Crippen LogP contribution in [0.2, 0.25) is 5.15 Å². The molecule has 1 aliphatic carbocycles. The summed E-state index contributed by atoms with van der Waals surface area (Å²) >= 11 is 5.92. The van der Waals surface area contributed by atoms with Crippen LogP contribution in [0, 0.1) is 11.7 Å². The van der Waals surface area contributed by atoms with E-state index < -0.39 is 17.8 Å². The molecule has 1 aliphatic heterocycles. The number of rotatable bonds is 5. The van der Waals surface area contributed by atoms with E-state index in [2.05, 4.69) is 15.4 Å². The van der Waals surface area contributed by atoms with Gasteiger partial charge >= 0.3 is 0 Å². The third kappa shape index (κ3) is 3.98. The van der Waals surface area contributed by atoms with Gasteiger partial charge in [-0.2, -0.15) is 5.10 Å². The van der Waals surface area contributed by atoms with Crippen LogP contribution >= 0.6 is 11.6 Å². The molecule has 0 spiro atoms. The van der Waals surface area contributed by atoms with E-state index in [9.17, 15) is 18.8 Å². The van der Waals surface area contributed by atoms with Gasteiger partial charge in [-0.05, 0) is 55.5 Å². The van der Waals surface area contributed by atoms with Gasteiger partial charge < -0.3 is 16.0 Å². The molecule has 11 heteroatoms. The molecular weight excluding hydrogens is 463 g/mol. The Kier molecular flexibility index (Phi) is 5.68. The number of nitrogens with two attached hydrogens (primary N) is 1. The number of nitrogens with one attached hydrogen (secondary N) is 1. The Balaban J connectivity index is 1.43. The average molecular weight is 485 g/mol. The van der Waals surface area contributed by atoms with Crippen molar-refractivity contribution in [2.24, 2.45) is 11.7 Å². The lowest BCUT2D eigenvalue weighted by Gasteiger charge is -2.29. The molecule has 9 nitrogen and oxygen atoms in total. The van der Waals surface area contributed by atoms with Crippen molar-refractivity contribution in [3.63, 3.8) is 0 Å². The van der Waals surface area contributed by atoms with Crippen molar-refractivity contribution in [1.82, 2.24) is 19.7 Å². The summed E-state index contributed by atoms with van der Waals surface area (Å²) in [6.45, 7) is -0.254. The van der Waals surface area contributed by atoms with Crippen LogP contribution in [0.1, 0.15) is 36.2 Å². The Hall–Kier alpha value is -3.53. The van der Waals surface area contributed by atoms with Gasteiger partial charge in [-0.1, -0.05) is 24.1 Å². The normalized spacial score (nSPS) is 21.6. The first-order valence-corrected chi connectivity index (χ1v) is 11.4. The zero-order valence-corrected chi connectivity index (χ0v) is 18.8. The molecule has 2 aliphatic rings. The van der Waals surface area contributed by atoms with E-state index >= 15 is 0 Å². The molecule has 0 bridgehead atoms. The molecule has 176 valence electrons. The summed E-state index contributed by atoms with van der Waals surface area (Å²) in [5.74, 6) is -1.45. The molecule has 1 saturated heterocycles. The van der Waals surface area contributed by atoms with E-state index in [1.807, 2.05) is 0 Å². The lowest BCUT2D eigenvalue weighted by atomic mass is 10.0. The van der Waals surface area contributed by atoms with Crippen LogP contribution in [0.15, 0.2) is 36.4 Å². The number of carbonyl (C=O) groups excluding carboxylic acids is 3. The lowest BCUT2D eigenvalue weighted by Crippen LogP contribution is -2.48. The van der Waals surface area contributed by atoms with Gasteiger partial charge in [0, 0.05) is 11.4 Å². The van der Waals surface area contributed by atoms with Crippen molar-refractivity contribution in [3.8, 4) is 0 Å². The van der Waals surface area contributed by atoms with Crippen molar-refractivity contribution >= 4 is 46.0 Å². The zero-order valence-electron chi connectivity index (χ0n) is 18.1. The van der Waals surface area contributed by atoms with Crippen LogP contribution in [-0.2, 0) is 16.1 Å². The fourth-order valence-electron chi connectivity index (χ4n) is 5.23. The first-order valence-electron chi connectivity index (χ1n) is 11.0. The summed E-state index contributed by atoms with van der Waals surface area (Å²) in [7, 11) is 0. The molecule has 5 rings (SSSR count). The number of nitrogens with zero attached hydrogens (tertiary/aromatic N) is 4. The van der Waals surface area contributed by atoms with Crippen LogP contribution in [-0.4, -0.2) is 49.5 Å². The van der Waals surface area contributed by atoms with E-state index in [0.717, 1.165) is 19.3 Å². The number of halogens is 2. The number of likely N-dealkylation sites (tertiary alicyclic amines) is 1. The minimum absolute atomic E-state index is 0.0377. The Morgan fingerprint density at radius 2 is 2.03 bits per heavy atom. The highest BCUT2D eigenvalue weighted by atomic mass is 35.5. The second-order valence-corrected chi connectivity index (χ2v) is 9.06. The Bertz CT molecular complexity index is 1310. The topological polar surface area (TPSA) is 123 Å². The van der Waals surface area contributed by atoms with Crippen LogP contribution < -0.4 is 11.1 Å². The molecule has 3 aromatic rings. The number of fused-ring (bicyclic) bond motifs is 2. The lowest BCUT2D eigenvalue weighted by molar-refractivity contribution is -0.139. The van der Waals surface area contributed by atoms with Crippen molar-refractivity contribution in [2.45, 2.75) is 44.3 Å². The van der Waals surface area contributed by atoms with Crippen molar-refractivity contribution in [2.75, 3.05) is 5.32 Å². The van der Waals surface area contributed by atoms with Crippen LogP contribution in [0.25, 0.3) is 10.9 Å². The summed E-state index contributed by atoms with van der Waals surface area (Å²) in [5, 5.41) is 7.55. The first-order chi connectivity index (χ1) is 16.3. The van der Waals surface area contributed by atoms with Crippen LogP contribution in [0.5, 0.6) is 0 Å². The Morgan fingerprint density at radius 3 is 2.79 bits per heavy atom. The third-order valence-corrected chi connectivity index (χ3v) is 6.84. The monoisotopic (exact) mass is 484 g/mol. The van der Waals surface area contributed by atoms with Gasteiger partial charge in [-0.3, -0.25) is 19.1 Å². The average Bonchev–Trinajstić information content (AvgIpc) is 3.46. The highest BCUT2D eigenvalue weighted by molar-refractivity contribution is 6.29. The highest BCUT2D eigenvalue weighted by Gasteiger charge is 2.48. The van der Waals surface area contributed by atoms with Gasteiger partial charge in [-0.15, -0.1) is 0 Å². The molecular formula is C23H22ClFN6O3. The van der Waals surface area contributed by atoms with Gasteiger partial charge in [0.2, 0.25) is 11.8 Å². The van der Waals surface area contributed by atoms with Gasteiger partial charge in [0.25, 0.3) is 5.91 Å². The summed E-state index contributed by atoms with van der Waals surface area (Å²) in [6.07, 6.45) is 3.26. The summed E-state index contributed by atoms with van der Waals surface area (Å²) in [4.78, 5) is 44.2. The number of pyridine rings is 1. The van der Waals surface area contributed by atoms with Crippen molar-refractivity contribution < 1.29 is 18.8 Å². The smallest absolute Gasteiger partial charge is 0.269 e. The molecule has 3 atom stereocenters. The maximum atomic E-state index is 13.9. The molecule has 3 amide bonds. The quantitative estimate of drug-likeness (QED) is 0.539. The fourth-order valence-corrected chi connectivity index (χ4v) is 5.39. The second-order valence-electron chi connectivity index (χ2n) is 8.68. The molecule has 3 heterocycles. The van der Waals surface area contributed by atoms with Crippen molar-refractivity contribution in [3.05, 3.63) is 53.1 Å². The summed E-state index contributed by atoms with van der Waals surface area (Å²) < 4.78 is 15.2. The largest absolute Gasteiger partial charge is 0.364 e. The maximum absolute atomic E-state index is 13.9. The Morgan fingerprint density at radius 1 is 1.21 bits per heavy atom. The van der Waals surface area contributed by atoms with E-state index in [1.165, 1.54) is 22.9 Å². The Labute approximate surface area is 199 Å². The number of benzene rings is 1. The second kappa shape index (κ2) is 8.68. The molecule has 2 aromatic heterocycles. The van der Waals surface area contributed by atoms with Gasteiger partial charge in [0.15, 0.2) is 5.69 Å². The molecule has 34 heavy (non-hydrogen) atoms. The predicted molar refractivity (Wildman–Crippen MR) is 122 cm³/mol. The van der Waals surface area contributed by atoms with E-state index in [0.29, 0.717) is 17.6 Å². The molecule has 0 radical (unpaired) electrons. The zero-order chi connectivity index (χ0) is 24.0. The summed E-state index contributed by atoms with van der Waals surface area (Å²) in [6, 6.07) is 7.98. The van der Waals surface area contributed by atoms with E-state index in [-0.39, 0.29) is 46.7 Å². The number of primary amides is 1. The molecule has 3 N–H and O–H groups in total. The molecule has 1 aromatic carbocycles. The van der Waals surface area contributed by atoms with Gasteiger partial charge in [-0.25, -0.2) is 9.37 Å². The SMILES string of the molecule is NC(=O)c1nn(CC(=O)N2[C@H](C(=O)Nc3cccc(Cl)n3)C[C@@H]3CCC[C@@H]32)c2cc(F)ccc12. The van der Waals surface area contributed by atoms with E-state index in [4.69, 9.17) is 17.3 Å². The predicted octanol–water partition coefficient (Wildman–Crippen LogP) is 2.73. The highest BCUT2D eigenvalue weighted by Crippen LogP contribution is 2.41. The van der Waals surface area contributed by atoms with E-state index in [1.54, 1.807) is 23.1 Å². The molecule has 2 fully saturated rings. The summed E-state index contributed by atoms with van der Waals surface area (Å²) in [5.41, 5.74) is 5.68. The molecule has 0 unspecified atom stereocenters. The first kappa shape index (κ1) is 22.3. The third-order valence-electron chi connectivity index (χ3n) is 6.63. The van der Waals surface area contributed by atoms with Gasteiger partial charge in [0.05, 0.1) is 5.52 Å². The number of anilines is 1. The number of carbonyl (C=O) groups is 3. The minimum Gasteiger partial charge on any atom is -0.364 e. The number of amides is 3. The maximum Gasteiger partial charge on any atom is 0.269 e. The van der Waals surface area contributed by atoms with Crippen LogP contribution in [0.4, 0.5) is 10.2 Å². The van der Waals surface area contributed by atoms with Crippen molar-refractivity contribution in [1.29, 1.82) is 0 Å². The number of hydrogen-bond acceptors (Lipinski definition) is 5. The van der Waals surface area contributed by atoms with Gasteiger partial charge in [0.1, 0.15) is 29.4 Å². The minimum atomic E-state index is -0.772. The fraction of sp³-hybridized carbons (Fsp3) is 0.348. The molecule has 1 saturated carbocycles. The standard InChI is InChI=1S/C23H22ClFN6O3/c24-18-5-2-6-19(27-18)28-23(34)17-9-12-3-1-4-15(12)31(17)20(32)11-30-16-10-13(25)7-8-14(16)21(29-30)22(26)33/h2,5-8,10,12,15,17H,1,3-4,9,11H2,(H2,26,33)(H,27,28,34)/t12-,15-,17-/m0/s1. The van der Waals surface area contributed by atoms with Crippen LogP contribution in [0.3, 0.4) is 0 Å².